The Bertz CT molecular complexity index is 567. The van der Waals surface area contributed by atoms with Gasteiger partial charge in [-0.15, -0.1) is 11.6 Å². The SMILES string of the molecule is COC1(c2ccc(C)c(C(O)CCl)c2)O[C@H](CO)[C@@H](O)[C@H](O)[C@H]1O. The Morgan fingerprint density at radius 3 is 2.50 bits per heavy atom. The summed E-state index contributed by atoms with van der Waals surface area (Å²) in [5, 5.41) is 49.9. The molecule has 0 bridgehead atoms. The lowest BCUT2D eigenvalue weighted by Gasteiger charge is -2.47. The molecule has 7 nitrogen and oxygen atoms in total. The van der Waals surface area contributed by atoms with Crippen molar-refractivity contribution in [3.8, 4) is 0 Å². The molecule has 2 rings (SSSR count). The fourth-order valence-electron chi connectivity index (χ4n) is 2.97. The van der Waals surface area contributed by atoms with Gasteiger partial charge in [0.15, 0.2) is 0 Å². The Kier molecular flexibility index (Phi) is 6.22. The standard InChI is InChI=1S/C16H23ClO7/c1-8-3-4-9(5-10(8)11(19)6-17)16(23-2)15(22)14(21)13(20)12(7-18)24-16/h3-5,11-15,18-22H,6-7H2,1-2H3/t11?,12-,13-,14+,15-,16?/m1/s1. The summed E-state index contributed by atoms with van der Waals surface area (Å²) in [6.45, 7) is 1.22. The van der Waals surface area contributed by atoms with Crippen LogP contribution >= 0.6 is 11.6 Å². The molecule has 1 aromatic carbocycles. The predicted octanol–water partition coefficient (Wildman–Crippen LogP) is -0.460. The molecule has 5 N–H and O–H groups in total. The summed E-state index contributed by atoms with van der Waals surface area (Å²) in [6.07, 6.45) is -6.73. The summed E-state index contributed by atoms with van der Waals surface area (Å²) in [7, 11) is 1.28. The summed E-state index contributed by atoms with van der Waals surface area (Å²) in [6, 6.07) is 4.88. The number of rotatable bonds is 5. The molecule has 1 saturated heterocycles. The van der Waals surface area contributed by atoms with E-state index in [4.69, 9.17) is 21.1 Å². The lowest BCUT2D eigenvalue weighted by atomic mass is 9.86. The van der Waals surface area contributed by atoms with Crippen molar-refractivity contribution in [2.24, 2.45) is 0 Å². The van der Waals surface area contributed by atoms with E-state index in [2.05, 4.69) is 0 Å². The number of hydrogen-bond donors (Lipinski definition) is 5. The van der Waals surface area contributed by atoms with Crippen LogP contribution in [0.1, 0.15) is 22.8 Å². The molecule has 136 valence electrons. The van der Waals surface area contributed by atoms with Gasteiger partial charge in [-0.05, 0) is 24.1 Å². The average molecular weight is 363 g/mol. The molecule has 1 aromatic rings. The summed E-state index contributed by atoms with van der Waals surface area (Å²) in [5.74, 6) is -1.82. The van der Waals surface area contributed by atoms with Crippen molar-refractivity contribution in [1.29, 1.82) is 0 Å². The number of halogens is 1. The Hall–Kier alpha value is -0.770. The minimum atomic E-state index is -1.81. The second kappa shape index (κ2) is 7.63. The van der Waals surface area contributed by atoms with Gasteiger partial charge in [0.05, 0.1) is 18.6 Å². The molecule has 0 aromatic heterocycles. The smallest absolute Gasteiger partial charge is 0.224 e. The number of benzene rings is 1. The number of aliphatic hydroxyl groups is 5. The van der Waals surface area contributed by atoms with Gasteiger partial charge in [0.1, 0.15) is 24.4 Å². The first kappa shape index (κ1) is 19.6. The summed E-state index contributed by atoms with van der Waals surface area (Å²) >= 11 is 5.71. The third-order valence-electron chi connectivity index (χ3n) is 4.44. The fourth-order valence-corrected chi connectivity index (χ4v) is 3.13. The second-order valence-corrected chi connectivity index (χ2v) is 6.19. The van der Waals surface area contributed by atoms with E-state index in [-0.39, 0.29) is 5.88 Å². The van der Waals surface area contributed by atoms with Gasteiger partial charge in [-0.25, -0.2) is 0 Å². The topological polar surface area (TPSA) is 120 Å². The molecule has 1 fully saturated rings. The van der Waals surface area contributed by atoms with E-state index in [1.54, 1.807) is 25.1 Å². The molecule has 0 amide bonds. The number of methoxy groups -OCH3 is 1. The third kappa shape index (κ3) is 3.18. The first-order chi connectivity index (χ1) is 11.3. The molecule has 1 heterocycles. The van der Waals surface area contributed by atoms with Crippen LogP contribution in [0, 0.1) is 6.92 Å². The molecular weight excluding hydrogens is 340 g/mol. The summed E-state index contributed by atoms with van der Waals surface area (Å²) < 4.78 is 11.0. The molecule has 0 saturated carbocycles. The first-order valence-electron chi connectivity index (χ1n) is 7.55. The lowest BCUT2D eigenvalue weighted by molar-refractivity contribution is -0.366. The molecule has 0 spiro atoms. The first-order valence-corrected chi connectivity index (χ1v) is 8.08. The molecule has 6 atom stereocenters. The molecular formula is C16H23ClO7. The van der Waals surface area contributed by atoms with Crippen LogP contribution < -0.4 is 0 Å². The van der Waals surface area contributed by atoms with Crippen molar-refractivity contribution in [2.45, 2.75) is 43.2 Å². The fraction of sp³-hybridized carbons (Fsp3) is 0.625. The Morgan fingerprint density at radius 2 is 1.96 bits per heavy atom. The molecule has 24 heavy (non-hydrogen) atoms. The van der Waals surface area contributed by atoms with Crippen LogP contribution in [0.25, 0.3) is 0 Å². The van der Waals surface area contributed by atoms with E-state index in [0.717, 1.165) is 5.56 Å². The highest BCUT2D eigenvalue weighted by Crippen LogP contribution is 2.40. The van der Waals surface area contributed by atoms with Crippen molar-refractivity contribution in [3.63, 3.8) is 0 Å². The number of aryl methyl sites for hydroxylation is 1. The van der Waals surface area contributed by atoms with Gasteiger partial charge in [-0.2, -0.15) is 0 Å². The van der Waals surface area contributed by atoms with Crippen LogP contribution in [-0.4, -0.2) is 69.5 Å². The van der Waals surface area contributed by atoms with Crippen LogP contribution in [-0.2, 0) is 15.3 Å². The van der Waals surface area contributed by atoms with Crippen molar-refractivity contribution < 1.29 is 35.0 Å². The molecule has 1 aliphatic rings. The Balaban J connectivity index is 2.53. The van der Waals surface area contributed by atoms with Gasteiger partial charge in [0.25, 0.3) is 0 Å². The Morgan fingerprint density at radius 1 is 1.29 bits per heavy atom. The average Bonchev–Trinajstić information content (AvgIpc) is 2.60. The zero-order valence-electron chi connectivity index (χ0n) is 13.5. The zero-order chi connectivity index (χ0) is 18.1. The van der Waals surface area contributed by atoms with E-state index < -0.39 is 42.9 Å². The minimum absolute atomic E-state index is 0.0196. The quantitative estimate of drug-likeness (QED) is 0.450. The van der Waals surface area contributed by atoms with E-state index >= 15 is 0 Å². The molecule has 1 aliphatic heterocycles. The van der Waals surface area contributed by atoms with Gasteiger partial charge < -0.3 is 35.0 Å². The van der Waals surface area contributed by atoms with Gasteiger partial charge >= 0.3 is 0 Å². The highest BCUT2D eigenvalue weighted by molar-refractivity contribution is 6.18. The van der Waals surface area contributed by atoms with Crippen molar-refractivity contribution in [3.05, 3.63) is 34.9 Å². The molecule has 0 aliphatic carbocycles. The predicted molar refractivity (Wildman–Crippen MR) is 85.5 cm³/mol. The highest BCUT2D eigenvalue weighted by atomic mass is 35.5. The van der Waals surface area contributed by atoms with Crippen LogP contribution in [0.2, 0.25) is 0 Å². The van der Waals surface area contributed by atoms with Crippen molar-refractivity contribution >= 4 is 11.6 Å². The van der Waals surface area contributed by atoms with E-state index in [1.165, 1.54) is 7.11 Å². The third-order valence-corrected chi connectivity index (χ3v) is 4.73. The number of aliphatic hydroxyl groups excluding tert-OH is 5. The monoisotopic (exact) mass is 362 g/mol. The minimum Gasteiger partial charge on any atom is -0.394 e. The van der Waals surface area contributed by atoms with Crippen LogP contribution in [0.15, 0.2) is 18.2 Å². The van der Waals surface area contributed by atoms with Crippen molar-refractivity contribution in [2.75, 3.05) is 19.6 Å². The van der Waals surface area contributed by atoms with Crippen molar-refractivity contribution in [1.82, 2.24) is 0 Å². The summed E-state index contributed by atoms with van der Waals surface area (Å²) in [5.41, 5.74) is 1.63. The van der Waals surface area contributed by atoms with Gasteiger partial charge in [-0.3, -0.25) is 0 Å². The highest BCUT2D eigenvalue weighted by Gasteiger charge is 2.55. The van der Waals surface area contributed by atoms with Crippen LogP contribution in [0.3, 0.4) is 0 Å². The van der Waals surface area contributed by atoms with E-state index in [0.29, 0.717) is 11.1 Å². The van der Waals surface area contributed by atoms with E-state index in [9.17, 15) is 25.5 Å². The van der Waals surface area contributed by atoms with Gasteiger partial charge in [-0.1, -0.05) is 12.1 Å². The van der Waals surface area contributed by atoms with Crippen LogP contribution in [0.5, 0.6) is 0 Å². The summed E-state index contributed by atoms with van der Waals surface area (Å²) in [4.78, 5) is 0. The lowest BCUT2D eigenvalue weighted by Crippen LogP contribution is -2.64. The normalized spacial score (nSPS) is 35.0. The zero-order valence-corrected chi connectivity index (χ0v) is 14.2. The largest absolute Gasteiger partial charge is 0.394 e. The maximum Gasteiger partial charge on any atom is 0.224 e. The second-order valence-electron chi connectivity index (χ2n) is 5.88. The number of ether oxygens (including phenoxy) is 2. The maximum absolute atomic E-state index is 10.5. The molecule has 2 unspecified atom stereocenters. The number of alkyl halides is 1. The maximum atomic E-state index is 10.5. The van der Waals surface area contributed by atoms with Gasteiger partial charge in [0, 0.05) is 12.7 Å². The molecule has 8 heteroatoms. The van der Waals surface area contributed by atoms with Crippen LogP contribution in [0.4, 0.5) is 0 Å². The Labute approximate surface area is 145 Å². The molecule has 0 radical (unpaired) electrons. The van der Waals surface area contributed by atoms with E-state index in [1.807, 2.05) is 0 Å². The van der Waals surface area contributed by atoms with Gasteiger partial charge in [0.2, 0.25) is 5.79 Å². The number of hydrogen-bond acceptors (Lipinski definition) is 7.